The third-order valence-corrected chi connectivity index (χ3v) is 4.84. The highest BCUT2D eigenvalue weighted by atomic mass is 14.2. The largest absolute Gasteiger partial charge is 0.0620 e. The molecule has 0 heterocycles. The lowest BCUT2D eigenvalue weighted by molar-refractivity contribution is 0.514. The Morgan fingerprint density at radius 1 is 0.591 bits per heavy atom. The predicted molar refractivity (Wildman–Crippen MR) is 97.7 cm³/mol. The molecule has 0 N–H and O–H groups in total. The number of aryl methyl sites for hydroxylation is 1. The van der Waals surface area contributed by atoms with Gasteiger partial charge in [-0.3, -0.25) is 0 Å². The van der Waals surface area contributed by atoms with Crippen LogP contribution in [-0.2, 0) is 0 Å². The van der Waals surface area contributed by atoms with Gasteiger partial charge in [-0.1, -0.05) is 105 Å². The molecule has 0 aromatic heterocycles. The van der Waals surface area contributed by atoms with Crippen molar-refractivity contribution in [1.82, 2.24) is 0 Å². The lowest BCUT2D eigenvalue weighted by Gasteiger charge is -2.16. The standard InChI is InChI=1S/C22H32/c1-20-14-10-12-18-22(19-13-11-15-20)21-16-8-6-4-2-3-5-7-9-17-21/h10-15,18-19,21H,2-9,16-17H2,1H3. The maximum atomic E-state index is 2.34. The van der Waals surface area contributed by atoms with Gasteiger partial charge < -0.3 is 0 Å². The van der Waals surface area contributed by atoms with Crippen LogP contribution in [0.4, 0.5) is 0 Å². The van der Waals surface area contributed by atoms with Crippen molar-refractivity contribution < 1.29 is 0 Å². The Morgan fingerprint density at radius 3 is 1.50 bits per heavy atom. The van der Waals surface area contributed by atoms with E-state index < -0.39 is 0 Å². The van der Waals surface area contributed by atoms with E-state index in [1.807, 2.05) is 0 Å². The summed E-state index contributed by atoms with van der Waals surface area (Å²) in [6.07, 6.45) is 14.1. The fourth-order valence-corrected chi connectivity index (χ4v) is 3.45. The van der Waals surface area contributed by atoms with Gasteiger partial charge in [0, 0.05) is 0 Å². The van der Waals surface area contributed by atoms with Crippen molar-refractivity contribution in [3.63, 3.8) is 0 Å². The van der Waals surface area contributed by atoms with Crippen LogP contribution in [0, 0.1) is 6.92 Å². The zero-order chi connectivity index (χ0) is 15.5. The van der Waals surface area contributed by atoms with Gasteiger partial charge in [0.1, 0.15) is 0 Å². The lowest BCUT2D eigenvalue weighted by Crippen LogP contribution is -1.98. The Hall–Kier alpha value is -1.30. The zero-order valence-corrected chi connectivity index (χ0v) is 14.3. The minimum Gasteiger partial charge on any atom is -0.0620 e. The van der Waals surface area contributed by atoms with Gasteiger partial charge in [0.2, 0.25) is 0 Å². The Morgan fingerprint density at radius 2 is 1.00 bits per heavy atom. The quantitative estimate of drug-likeness (QED) is 0.517. The maximum absolute atomic E-state index is 2.34. The summed E-state index contributed by atoms with van der Waals surface area (Å²) in [6.45, 7) is 2.14. The highest BCUT2D eigenvalue weighted by Gasteiger charge is 2.11. The molecule has 1 aliphatic carbocycles. The summed E-state index contributed by atoms with van der Waals surface area (Å²) in [6, 6.07) is 17.8. The van der Waals surface area contributed by atoms with Crippen LogP contribution in [0.5, 0.6) is 0 Å². The number of rotatable bonds is 1. The first-order chi connectivity index (χ1) is 10.9. The summed E-state index contributed by atoms with van der Waals surface area (Å²) in [4.78, 5) is 0. The molecule has 22 heavy (non-hydrogen) atoms. The van der Waals surface area contributed by atoms with E-state index >= 15 is 0 Å². The Balaban J connectivity index is 2.14. The molecule has 0 radical (unpaired) electrons. The van der Waals surface area contributed by atoms with Crippen molar-refractivity contribution in [2.24, 2.45) is 0 Å². The minimum absolute atomic E-state index is 0.747. The van der Waals surface area contributed by atoms with Crippen molar-refractivity contribution in [3.8, 4) is 0 Å². The van der Waals surface area contributed by atoms with E-state index in [1.165, 1.54) is 75.3 Å². The minimum atomic E-state index is 0.747. The first kappa shape index (κ1) is 17.1. The molecular weight excluding hydrogens is 264 g/mol. The van der Waals surface area contributed by atoms with Crippen molar-refractivity contribution >= 4 is 0 Å². The van der Waals surface area contributed by atoms with Gasteiger partial charge in [-0.2, -0.15) is 0 Å². The van der Waals surface area contributed by atoms with Crippen LogP contribution in [-0.4, -0.2) is 0 Å². The van der Waals surface area contributed by atoms with Crippen LogP contribution in [0.15, 0.2) is 48.5 Å². The van der Waals surface area contributed by atoms with E-state index in [4.69, 9.17) is 0 Å². The van der Waals surface area contributed by atoms with Crippen molar-refractivity contribution in [2.75, 3.05) is 0 Å². The van der Waals surface area contributed by atoms with E-state index in [-0.39, 0.29) is 0 Å². The second-order valence-corrected chi connectivity index (χ2v) is 6.78. The molecule has 0 nitrogen and oxygen atoms in total. The van der Waals surface area contributed by atoms with E-state index in [2.05, 4.69) is 55.5 Å². The van der Waals surface area contributed by atoms with Gasteiger partial charge in [0.15, 0.2) is 0 Å². The molecule has 0 saturated heterocycles. The van der Waals surface area contributed by atoms with E-state index in [9.17, 15) is 0 Å². The fourth-order valence-electron chi connectivity index (χ4n) is 3.45. The summed E-state index contributed by atoms with van der Waals surface area (Å²) >= 11 is 0. The zero-order valence-electron chi connectivity index (χ0n) is 14.3. The molecule has 1 aromatic carbocycles. The molecule has 0 bridgehead atoms. The van der Waals surface area contributed by atoms with Gasteiger partial charge in [-0.05, 0) is 31.2 Å². The monoisotopic (exact) mass is 296 g/mol. The van der Waals surface area contributed by atoms with Crippen LogP contribution in [0.1, 0.15) is 81.3 Å². The lowest BCUT2D eigenvalue weighted by atomic mass is 9.89. The Kier molecular flexibility index (Phi) is 8.09. The maximum Gasteiger partial charge on any atom is -0.0162 e. The predicted octanol–water partition coefficient (Wildman–Crippen LogP) is 7.12. The van der Waals surface area contributed by atoms with Crippen molar-refractivity contribution in [2.45, 2.75) is 77.0 Å². The molecule has 1 aromatic rings. The summed E-state index contributed by atoms with van der Waals surface area (Å²) in [5.74, 6) is 0.747. The Bertz CT molecular complexity index is 433. The molecule has 0 amide bonds. The SMILES string of the molecule is Cc1ccccc(C2CCCCCCCCCC2)cccc1. The van der Waals surface area contributed by atoms with Gasteiger partial charge in [0.05, 0.1) is 0 Å². The molecule has 0 heteroatoms. The number of hydrogen-bond donors (Lipinski definition) is 0. The van der Waals surface area contributed by atoms with Gasteiger partial charge in [-0.15, -0.1) is 0 Å². The molecule has 1 saturated carbocycles. The Labute approximate surface area is 137 Å². The van der Waals surface area contributed by atoms with Crippen LogP contribution in [0.25, 0.3) is 0 Å². The molecule has 0 atom stereocenters. The van der Waals surface area contributed by atoms with Crippen molar-refractivity contribution in [1.29, 1.82) is 0 Å². The third-order valence-electron chi connectivity index (χ3n) is 4.84. The fraction of sp³-hybridized carbons (Fsp3) is 0.545. The summed E-state index contributed by atoms with van der Waals surface area (Å²) in [7, 11) is 0. The topological polar surface area (TPSA) is 0 Å². The highest BCUT2D eigenvalue weighted by Crippen LogP contribution is 2.29. The van der Waals surface area contributed by atoms with E-state index in [1.54, 1.807) is 0 Å². The smallest absolute Gasteiger partial charge is 0.0162 e. The van der Waals surface area contributed by atoms with Gasteiger partial charge >= 0.3 is 0 Å². The summed E-state index contributed by atoms with van der Waals surface area (Å²) in [5, 5.41) is 0. The van der Waals surface area contributed by atoms with E-state index in [0.717, 1.165) is 5.92 Å². The van der Waals surface area contributed by atoms with Crippen LogP contribution >= 0.6 is 0 Å². The molecule has 1 aliphatic rings. The van der Waals surface area contributed by atoms with Crippen LogP contribution in [0.3, 0.4) is 0 Å². The molecular formula is C22H32. The third kappa shape index (κ3) is 6.64. The van der Waals surface area contributed by atoms with Crippen LogP contribution < -0.4 is 0 Å². The second kappa shape index (κ2) is 10.4. The van der Waals surface area contributed by atoms with E-state index in [0.29, 0.717) is 0 Å². The average Bonchev–Trinajstić information content (AvgIpc) is 2.59. The molecule has 0 unspecified atom stereocenters. The summed E-state index contributed by atoms with van der Waals surface area (Å²) < 4.78 is 0. The highest BCUT2D eigenvalue weighted by molar-refractivity contribution is 5.18. The number of hydrogen-bond acceptors (Lipinski definition) is 0. The normalized spacial score (nSPS) is 18.0. The summed E-state index contributed by atoms with van der Waals surface area (Å²) in [5.41, 5.74) is 2.82. The molecule has 120 valence electrons. The first-order valence-corrected chi connectivity index (χ1v) is 9.26. The molecule has 0 aliphatic heterocycles. The first-order valence-electron chi connectivity index (χ1n) is 9.26. The van der Waals surface area contributed by atoms with Crippen LogP contribution in [0.2, 0.25) is 0 Å². The average molecular weight is 296 g/mol. The van der Waals surface area contributed by atoms with Crippen molar-refractivity contribution in [3.05, 3.63) is 59.7 Å². The van der Waals surface area contributed by atoms with Gasteiger partial charge in [0.25, 0.3) is 0 Å². The molecule has 2 rings (SSSR count). The van der Waals surface area contributed by atoms with Gasteiger partial charge in [-0.25, -0.2) is 0 Å². The molecule has 1 fully saturated rings. The molecule has 0 spiro atoms. The second-order valence-electron chi connectivity index (χ2n) is 6.78.